The molecule has 17 heavy (non-hydrogen) atoms. The topological polar surface area (TPSA) is 74.0 Å². The van der Waals surface area contributed by atoms with Crippen LogP contribution in [0.2, 0.25) is 0 Å². The van der Waals surface area contributed by atoms with Crippen molar-refractivity contribution in [3.63, 3.8) is 0 Å². The number of hydrogen-bond donors (Lipinski definition) is 3. The molecule has 0 atom stereocenters. The molecule has 3 N–H and O–H groups in total. The molecule has 1 aliphatic heterocycles. The van der Waals surface area contributed by atoms with Crippen LogP contribution in [0.1, 0.15) is 35.3 Å². The zero-order chi connectivity index (χ0) is 12.4. The standard InChI is InChI=1S/C12H17N3O2/c1-7(2)3-14-11(16)10-9-6-13-4-8(9)5-15-12(10)17/h5,7,13H,3-4,6H2,1-2H3,(H,14,16)(H,15,17). The van der Waals surface area contributed by atoms with E-state index < -0.39 is 0 Å². The normalized spacial score (nSPS) is 13.8. The summed E-state index contributed by atoms with van der Waals surface area (Å²) in [6.45, 7) is 5.90. The molecular formula is C12H17N3O2. The maximum atomic E-state index is 12.0. The van der Waals surface area contributed by atoms with Crippen LogP contribution < -0.4 is 16.2 Å². The third kappa shape index (κ3) is 2.39. The number of nitrogens with one attached hydrogen (secondary N) is 3. The molecular weight excluding hydrogens is 218 g/mol. The summed E-state index contributed by atoms with van der Waals surface area (Å²) in [5, 5.41) is 5.92. The SMILES string of the molecule is CC(C)CNC(=O)c1c2c(c[nH]c1=O)CNC2. The van der Waals surface area contributed by atoms with Gasteiger partial charge in [0.05, 0.1) is 0 Å². The number of aromatic amines is 1. The van der Waals surface area contributed by atoms with Gasteiger partial charge in [-0.15, -0.1) is 0 Å². The van der Waals surface area contributed by atoms with E-state index in [1.807, 2.05) is 13.8 Å². The van der Waals surface area contributed by atoms with Crippen LogP contribution in [0, 0.1) is 5.92 Å². The van der Waals surface area contributed by atoms with Crippen LogP contribution in [0.25, 0.3) is 0 Å². The van der Waals surface area contributed by atoms with E-state index in [1.54, 1.807) is 6.20 Å². The lowest BCUT2D eigenvalue weighted by atomic mass is 10.1. The number of pyridine rings is 1. The van der Waals surface area contributed by atoms with Crippen molar-refractivity contribution in [3.8, 4) is 0 Å². The first kappa shape index (κ1) is 11.9. The van der Waals surface area contributed by atoms with E-state index in [1.165, 1.54) is 0 Å². The number of amides is 1. The van der Waals surface area contributed by atoms with Gasteiger partial charge in [-0.3, -0.25) is 9.59 Å². The molecule has 0 spiro atoms. The van der Waals surface area contributed by atoms with Gasteiger partial charge in [0.2, 0.25) is 0 Å². The minimum atomic E-state index is -0.311. The first-order chi connectivity index (χ1) is 8.09. The lowest BCUT2D eigenvalue weighted by Crippen LogP contribution is -2.33. The molecule has 5 nitrogen and oxygen atoms in total. The van der Waals surface area contributed by atoms with E-state index in [2.05, 4.69) is 15.6 Å². The van der Waals surface area contributed by atoms with Gasteiger partial charge < -0.3 is 15.6 Å². The zero-order valence-electron chi connectivity index (χ0n) is 10.1. The number of rotatable bonds is 3. The van der Waals surface area contributed by atoms with Crippen LogP contribution in [0.4, 0.5) is 0 Å². The van der Waals surface area contributed by atoms with Crippen LogP contribution in [0.15, 0.2) is 11.0 Å². The van der Waals surface area contributed by atoms with E-state index in [9.17, 15) is 9.59 Å². The van der Waals surface area contributed by atoms with E-state index in [0.717, 1.165) is 11.1 Å². The molecule has 1 amide bonds. The maximum absolute atomic E-state index is 12.0. The van der Waals surface area contributed by atoms with Crippen LogP contribution in [0.5, 0.6) is 0 Å². The molecule has 0 unspecified atom stereocenters. The van der Waals surface area contributed by atoms with Crippen molar-refractivity contribution in [2.45, 2.75) is 26.9 Å². The molecule has 1 aromatic heterocycles. The van der Waals surface area contributed by atoms with Crippen molar-refractivity contribution in [3.05, 3.63) is 33.2 Å². The highest BCUT2D eigenvalue weighted by Crippen LogP contribution is 2.15. The first-order valence-corrected chi connectivity index (χ1v) is 5.82. The molecule has 0 saturated heterocycles. The van der Waals surface area contributed by atoms with Gasteiger partial charge in [-0.25, -0.2) is 0 Å². The number of H-pyrrole nitrogens is 1. The third-order valence-electron chi connectivity index (χ3n) is 2.81. The summed E-state index contributed by atoms with van der Waals surface area (Å²) in [6, 6.07) is 0. The average Bonchev–Trinajstić information content (AvgIpc) is 2.73. The molecule has 0 aliphatic carbocycles. The van der Waals surface area contributed by atoms with Crippen molar-refractivity contribution in [1.82, 2.24) is 15.6 Å². The zero-order valence-corrected chi connectivity index (χ0v) is 10.1. The molecule has 1 aromatic rings. The highest BCUT2D eigenvalue weighted by molar-refractivity contribution is 5.95. The van der Waals surface area contributed by atoms with Crippen LogP contribution in [-0.4, -0.2) is 17.4 Å². The summed E-state index contributed by atoms with van der Waals surface area (Å²) in [5.41, 5.74) is 1.77. The minimum absolute atomic E-state index is 0.258. The summed E-state index contributed by atoms with van der Waals surface area (Å²) in [7, 11) is 0. The van der Waals surface area contributed by atoms with Gasteiger partial charge in [-0.05, 0) is 17.0 Å². The Morgan fingerprint density at radius 3 is 2.94 bits per heavy atom. The summed E-state index contributed by atoms with van der Waals surface area (Å²) in [4.78, 5) is 26.3. The number of carbonyl (C=O) groups excluding carboxylic acids is 1. The fraction of sp³-hybridized carbons (Fsp3) is 0.500. The third-order valence-corrected chi connectivity index (χ3v) is 2.81. The molecule has 0 saturated carbocycles. The van der Waals surface area contributed by atoms with Crippen LogP contribution >= 0.6 is 0 Å². The number of carbonyl (C=O) groups is 1. The molecule has 2 heterocycles. The maximum Gasteiger partial charge on any atom is 0.261 e. The molecule has 5 heteroatoms. The molecule has 0 aromatic carbocycles. The van der Waals surface area contributed by atoms with Crippen molar-refractivity contribution in [2.75, 3.05) is 6.54 Å². The quantitative estimate of drug-likeness (QED) is 0.708. The predicted molar refractivity (Wildman–Crippen MR) is 64.8 cm³/mol. The Morgan fingerprint density at radius 1 is 1.47 bits per heavy atom. The van der Waals surface area contributed by atoms with Gasteiger partial charge in [0.1, 0.15) is 5.56 Å². The van der Waals surface area contributed by atoms with Gasteiger partial charge in [0, 0.05) is 25.8 Å². The van der Waals surface area contributed by atoms with E-state index >= 15 is 0 Å². The second-order valence-corrected chi connectivity index (χ2v) is 4.70. The van der Waals surface area contributed by atoms with Crippen molar-refractivity contribution >= 4 is 5.91 Å². The lowest BCUT2D eigenvalue weighted by molar-refractivity contribution is 0.0946. The summed E-state index contributed by atoms with van der Waals surface area (Å²) >= 11 is 0. The van der Waals surface area contributed by atoms with Crippen LogP contribution in [-0.2, 0) is 13.1 Å². The van der Waals surface area contributed by atoms with Gasteiger partial charge in [-0.2, -0.15) is 0 Å². The fourth-order valence-corrected chi connectivity index (χ4v) is 1.92. The second-order valence-electron chi connectivity index (χ2n) is 4.70. The Hall–Kier alpha value is -1.62. The highest BCUT2D eigenvalue weighted by atomic mass is 16.2. The number of aromatic nitrogens is 1. The molecule has 0 bridgehead atoms. The Kier molecular flexibility index (Phi) is 3.28. The average molecular weight is 235 g/mol. The van der Waals surface area contributed by atoms with Gasteiger partial charge in [0.25, 0.3) is 11.5 Å². The number of hydrogen-bond acceptors (Lipinski definition) is 3. The van der Waals surface area contributed by atoms with E-state index in [-0.39, 0.29) is 17.0 Å². The summed E-state index contributed by atoms with van der Waals surface area (Å²) < 4.78 is 0. The summed E-state index contributed by atoms with van der Waals surface area (Å²) in [6.07, 6.45) is 1.68. The van der Waals surface area contributed by atoms with Crippen molar-refractivity contribution < 1.29 is 4.79 Å². The van der Waals surface area contributed by atoms with Gasteiger partial charge in [-0.1, -0.05) is 13.8 Å². The minimum Gasteiger partial charge on any atom is -0.352 e. The lowest BCUT2D eigenvalue weighted by Gasteiger charge is -2.09. The highest BCUT2D eigenvalue weighted by Gasteiger charge is 2.22. The Bertz CT molecular complexity index is 491. The van der Waals surface area contributed by atoms with Gasteiger partial charge >= 0.3 is 0 Å². The second kappa shape index (κ2) is 4.71. The van der Waals surface area contributed by atoms with E-state index in [4.69, 9.17) is 0 Å². The van der Waals surface area contributed by atoms with Crippen molar-refractivity contribution in [2.24, 2.45) is 5.92 Å². The first-order valence-electron chi connectivity index (χ1n) is 5.82. The van der Waals surface area contributed by atoms with Crippen molar-refractivity contribution in [1.29, 1.82) is 0 Å². The molecule has 1 aliphatic rings. The molecule has 0 fully saturated rings. The predicted octanol–water partition coefficient (Wildman–Crippen LogP) is 0.364. The van der Waals surface area contributed by atoms with Gasteiger partial charge in [0.15, 0.2) is 0 Å². The Balaban J connectivity index is 2.29. The van der Waals surface area contributed by atoms with Crippen LogP contribution in [0.3, 0.4) is 0 Å². The molecule has 0 radical (unpaired) electrons. The Morgan fingerprint density at radius 2 is 2.24 bits per heavy atom. The van der Waals surface area contributed by atoms with E-state index in [0.29, 0.717) is 25.6 Å². The monoisotopic (exact) mass is 235 g/mol. The Labute approximate surface area is 99.6 Å². The molecule has 2 rings (SSSR count). The smallest absolute Gasteiger partial charge is 0.261 e. The summed E-state index contributed by atoms with van der Waals surface area (Å²) in [5.74, 6) is 0.0911. The largest absolute Gasteiger partial charge is 0.352 e. The fourth-order valence-electron chi connectivity index (χ4n) is 1.92. The molecule has 92 valence electrons. The number of fused-ring (bicyclic) bond motifs is 1.